The van der Waals surface area contributed by atoms with Crippen molar-refractivity contribution in [3.8, 4) is 5.75 Å². The Morgan fingerprint density at radius 3 is 2.43 bits per heavy atom. The first-order valence-corrected chi connectivity index (χ1v) is 9.64. The van der Waals surface area contributed by atoms with Gasteiger partial charge in [0.05, 0.1) is 11.9 Å². The van der Waals surface area contributed by atoms with Gasteiger partial charge >= 0.3 is 0 Å². The van der Waals surface area contributed by atoms with Crippen molar-refractivity contribution < 1.29 is 4.74 Å². The predicted octanol–water partition coefficient (Wildman–Crippen LogP) is 5.17. The maximum absolute atomic E-state index is 6.05. The van der Waals surface area contributed by atoms with E-state index < -0.39 is 0 Å². The van der Waals surface area contributed by atoms with Crippen LogP contribution in [0.15, 0.2) is 104 Å². The van der Waals surface area contributed by atoms with Gasteiger partial charge < -0.3 is 4.74 Å². The minimum atomic E-state index is 0.510. The van der Waals surface area contributed by atoms with Crippen molar-refractivity contribution in [3.63, 3.8) is 0 Å². The molecule has 0 saturated carbocycles. The largest absolute Gasteiger partial charge is 0.489 e. The van der Waals surface area contributed by atoms with E-state index in [-0.39, 0.29) is 0 Å². The fraction of sp³-hybridized carbons (Fsp3) is 0.0417. The molecule has 0 atom stereocenters. The Labute approximate surface area is 174 Å². The summed E-state index contributed by atoms with van der Waals surface area (Å²) in [5.41, 5.74) is 3.87. The van der Waals surface area contributed by atoms with Crippen LogP contribution in [0.4, 0.5) is 17.2 Å². The highest BCUT2D eigenvalue weighted by Gasteiger charge is 2.18. The minimum absolute atomic E-state index is 0.510. The lowest BCUT2D eigenvalue weighted by Gasteiger charge is -2.25. The highest BCUT2D eigenvalue weighted by atomic mass is 16.5. The van der Waals surface area contributed by atoms with Gasteiger partial charge in [-0.25, -0.2) is 14.5 Å². The van der Waals surface area contributed by atoms with Crippen LogP contribution in [0.3, 0.4) is 0 Å². The molecule has 6 nitrogen and oxygen atoms in total. The second-order valence-electron chi connectivity index (χ2n) is 6.75. The molecule has 2 heterocycles. The number of hydrogen-bond donors (Lipinski definition) is 0. The van der Waals surface area contributed by atoms with E-state index in [0.717, 1.165) is 34.0 Å². The Bertz CT molecular complexity index is 1250. The summed E-state index contributed by atoms with van der Waals surface area (Å²) in [5.74, 6) is 1.53. The number of para-hydroxylation sites is 1. The van der Waals surface area contributed by atoms with Crippen molar-refractivity contribution in [1.82, 2.24) is 19.6 Å². The zero-order valence-electron chi connectivity index (χ0n) is 16.2. The molecular weight excluding hydrogens is 374 g/mol. The molecule has 2 aromatic heterocycles. The Morgan fingerprint density at radius 2 is 1.60 bits per heavy atom. The lowest BCUT2D eigenvalue weighted by Crippen LogP contribution is -2.13. The van der Waals surface area contributed by atoms with Crippen molar-refractivity contribution in [2.75, 3.05) is 4.90 Å². The molecule has 5 rings (SSSR count). The van der Waals surface area contributed by atoms with E-state index in [0.29, 0.717) is 6.61 Å². The molecule has 3 aromatic carbocycles. The van der Waals surface area contributed by atoms with Crippen LogP contribution < -0.4 is 9.64 Å². The third-order valence-corrected chi connectivity index (χ3v) is 4.76. The second-order valence-corrected chi connectivity index (χ2v) is 6.75. The van der Waals surface area contributed by atoms with Crippen LogP contribution in [0.5, 0.6) is 5.75 Å². The van der Waals surface area contributed by atoms with Gasteiger partial charge in [-0.05, 0) is 29.8 Å². The maximum Gasteiger partial charge on any atom is 0.167 e. The predicted molar refractivity (Wildman–Crippen MR) is 116 cm³/mol. The van der Waals surface area contributed by atoms with Crippen LogP contribution in [-0.2, 0) is 6.61 Å². The van der Waals surface area contributed by atoms with Crippen LogP contribution >= 0.6 is 0 Å². The number of nitrogens with zero attached hydrogens (tertiary/aromatic N) is 5. The molecule has 5 aromatic rings. The quantitative estimate of drug-likeness (QED) is 0.398. The summed E-state index contributed by atoms with van der Waals surface area (Å²) in [6.45, 7) is 0.510. The zero-order valence-corrected chi connectivity index (χ0v) is 16.2. The van der Waals surface area contributed by atoms with Gasteiger partial charge in [0.2, 0.25) is 0 Å². The summed E-state index contributed by atoms with van der Waals surface area (Å²) in [5, 5.41) is 4.24. The molecule has 30 heavy (non-hydrogen) atoms. The third kappa shape index (κ3) is 3.58. The van der Waals surface area contributed by atoms with Gasteiger partial charge in [-0.3, -0.25) is 4.90 Å². The number of hydrogen-bond acceptors (Lipinski definition) is 5. The standard InChI is InChI=1S/C24H19N5O/c1-3-8-19(9-4-1)16-30-22-13-7-12-21(14-22)29(20-10-5-2-6-11-20)24-23-15-25-18-28(23)27-17-26-24/h1-15,17-18H,16H2. The first-order valence-electron chi connectivity index (χ1n) is 9.64. The van der Waals surface area contributed by atoms with E-state index in [1.165, 1.54) is 6.33 Å². The third-order valence-electron chi connectivity index (χ3n) is 4.76. The molecule has 0 unspecified atom stereocenters. The van der Waals surface area contributed by atoms with Crippen LogP contribution in [0.2, 0.25) is 0 Å². The van der Waals surface area contributed by atoms with Crippen molar-refractivity contribution in [1.29, 1.82) is 0 Å². The van der Waals surface area contributed by atoms with Gasteiger partial charge in [0.25, 0.3) is 0 Å². The van der Waals surface area contributed by atoms with Crippen molar-refractivity contribution in [3.05, 3.63) is 109 Å². The lowest BCUT2D eigenvalue weighted by molar-refractivity contribution is 0.306. The molecule has 0 radical (unpaired) electrons. The fourth-order valence-electron chi connectivity index (χ4n) is 3.34. The van der Waals surface area contributed by atoms with E-state index in [9.17, 15) is 0 Å². The summed E-state index contributed by atoms with van der Waals surface area (Å²) in [6, 6.07) is 28.2. The number of anilines is 3. The molecule has 0 spiro atoms. The van der Waals surface area contributed by atoms with Crippen LogP contribution in [-0.4, -0.2) is 19.6 Å². The number of ether oxygens (including phenoxy) is 1. The molecule has 6 heteroatoms. The maximum atomic E-state index is 6.05. The molecule has 0 amide bonds. The number of imidazole rings is 1. The van der Waals surface area contributed by atoms with E-state index >= 15 is 0 Å². The molecule has 0 N–H and O–H groups in total. The van der Waals surface area contributed by atoms with Gasteiger partial charge in [0.15, 0.2) is 5.82 Å². The molecule has 0 aliphatic carbocycles. The monoisotopic (exact) mass is 393 g/mol. The molecule has 146 valence electrons. The van der Waals surface area contributed by atoms with E-state index in [1.807, 2.05) is 72.8 Å². The lowest BCUT2D eigenvalue weighted by atomic mass is 10.2. The highest BCUT2D eigenvalue weighted by Crippen LogP contribution is 2.36. The minimum Gasteiger partial charge on any atom is -0.489 e. The molecule has 0 saturated heterocycles. The number of fused-ring (bicyclic) bond motifs is 1. The van der Waals surface area contributed by atoms with E-state index in [1.54, 1.807) is 17.0 Å². The first-order chi connectivity index (χ1) is 14.9. The van der Waals surface area contributed by atoms with Gasteiger partial charge in [-0.15, -0.1) is 0 Å². The Balaban J connectivity index is 1.55. The smallest absolute Gasteiger partial charge is 0.167 e. The van der Waals surface area contributed by atoms with Gasteiger partial charge in [-0.1, -0.05) is 54.6 Å². The molecule has 0 aliphatic heterocycles. The average Bonchev–Trinajstić information content (AvgIpc) is 3.30. The summed E-state index contributed by atoms with van der Waals surface area (Å²) >= 11 is 0. The van der Waals surface area contributed by atoms with Crippen molar-refractivity contribution >= 4 is 22.7 Å². The molecule has 0 bridgehead atoms. The van der Waals surface area contributed by atoms with Gasteiger partial charge in [0, 0.05) is 11.8 Å². The summed E-state index contributed by atoms with van der Waals surface area (Å²) in [6.07, 6.45) is 4.97. The van der Waals surface area contributed by atoms with Gasteiger partial charge in [-0.2, -0.15) is 5.10 Å². The summed E-state index contributed by atoms with van der Waals surface area (Å²) in [7, 11) is 0. The van der Waals surface area contributed by atoms with E-state index in [4.69, 9.17) is 4.74 Å². The summed E-state index contributed by atoms with van der Waals surface area (Å²) in [4.78, 5) is 10.9. The SMILES string of the molecule is c1ccc(COc2cccc(N(c3ccccc3)c3ncnn4cncc34)c2)cc1. The van der Waals surface area contributed by atoms with Crippen LogP contribution in [0.1, 0.15) is 5.56 Å². The highest BCUT2D eigenvalue weighted by molar-refractivity contribution is 5.83. The van der Waals surface area contributed by atoms with Crippen LogP contribution in [0, 0.1) is 0 Å². The number of aromatic nitrogens is 4. The number of rotatable bonds is 6. The molecule has 0 aliphatic rings. The van der Waals surface area contributed by atoms with Gasteiger partial charge in [0.1, 0.15) is 30.5 Å². The van der Waals surface area contributed by atoms with Crippen molar-refractivity contribution in [2.24, 2.45) is 0 Å². The Morgan fingerprint density at radius 1 is 0.833 bits per heavy atom. The molecular formula is C24H19N5O. The first kappa shape index (κ1) is 17.9. The number of benzene rings is 3. The Kier molecular flexibility index (Phi) is 4.79. The fourth-order valence-corrected chi connectivity index (χ4v) is 3.34. The van der Waals surface area contributed by atoms with Crippen molar-refractivity contribution in [2.45, 2.75) is 6.61 Å². The second kappa shape index (κ2) is 8.05. The Hall–Kier alpha value is -4.19. The normalized spacial score (nSPS) is 10.8. The van der Waals surface area contributed by atoms with E-state index in [2.05, 4.69) is 32.1 Å². The topological polar surface area (TPSA) is 55.5 Å². The van der Waals surface area contributed by atoms with Crippen LogP contribution in [0.25, 0.3) is 5.52 Å². The summed E-state index contributed by atoms with van der Waals surface area (Å²) < 4.78 is 7.77. The average molecular weight is 393 g/mol. The zero-order chi connectivity index (χ0) is 20.2. The molecule has 0 fully saturated rings.